The van der Waals surface area contributed by atoms with E-state index < -0.39 is 29.1 Å². The van der Waals surface area contributed by atoms with Crippen molar-refractivity contribution >= 4 is 23.4 Å². The van der Waals surface area contributed by atoms with E-state index in [1.807, 2.05) is 13.8 Å². The Kier molecular flexibility index (Phi) is 4.46. The molecule has 1 aliphatic heterocycles. The summed E-state index contributed by atoms with van der Waals surface area (Å²) < 4.78 is 13.5. The summed E-state index contributed by atoms with van der Waals surface area (Å²) in [7, 11) is 0. The van der Waals surface area contributed by atoms with Gasteiger partial charge in [0.1, 0.15) is 0 Å². The van der Waals surface area contributed by atoms with E-state index in [1.165, 1.54) is 9.80 Å². The number of phenols is 2. The van der Waals surface area contributed by atoms with Gasteiger partial charge in [0.05, 0.1) is 5.02 Å². The van der Waals surface area contributed by atoms with Crippen LogP contribution in [0.25, 0.3) is 0 Å². The largest absolute Gasteiger partial charge is 0.503 e. The lowest BCUT2D eigenvalue weighted by Gasteiger charge is -2.36. The summed E-state index contributed by atoms with van der Waals surface area (Å²) in [5, 5.41) is 18.5. The van der Waals surface area contributed by atoms with E-state index in [4.69, 9.17) is 11.6 Å². The van der Waals surface area contributed by atoms with Crippen LogP contribution in [0, 0.1) is 5.82 Å². The highest BCUT2D eigenvalue weighted by molar-refractivity contribution is 6.35. The first kappa shape index (κ1) is 16.4. The Bertz CT molecular complexity index is 636. The molecule has 0 atom stereocenters. The number of carbonyl (C=O) groups is 2. The van der Waals surface area contributed by atoms with Gasteiger partial charge in [-0.25, -0.2) is 4.39 Å². The minimum Gasteiger partial charge on any atom is -0.503 e. The highest BCUT2D eigenvalue weighted by atomic mass is 35.5. The summed E-state index contributed by atoms with van der Waals surface area (Å²) in [6.07, 6.45) is 0. The Morgan fingerprint density at radius 1 is 1.23 bits per heavy atom. The summed E-state index contributed by atoms with van der Waals surface area (Å²) in [4.78, 5) is 26.7. The van der Waals surface area contributed by atoms with Gasteiger partial charge in [-0.3, -0.25) is 9.59 Å². The Balaban J connectivity index is 2.23. The first-order chi connectivity index (χ1) is 10.2. The molecule has 0 aromatic heterocycles. The van der Waals surface area contributed by atoms with Crippen molar-refractivity contribution in [1.29, 1.82) is 0 Å². The minimum atomic E-state index is -1.04. The molecule has 2 amide bonds. The average Bonchev–Trinajstić information content (AvgIpc) is 2.46. The van der Waals surface area contributed by atoms with Crippen LogP contribution < -0.4 is 0 Å². The van der Waals surface area contributed by atoms with Gasteiger partial charge in [0.2, 0.25) is 0 Å². The molecule has 1 heterocycles. The molecule has 1 aromatic rings. The predicted molar refractivity (Wildman–Crippen MR) is 77.0 cm³/mol. The maximum atomic E-state index is 13.5. The van der Waals surface area contributed by atoms with Gasteiger partial charge in [0.25, 0.3) is 0 Å². The predicted octanol–water partition coefficient (Wildman–Crippen LogP) is 1.47. The molecular formula is C14H16ClFN2O4. The minimum absolute atomic E-state index is 0.0858. The van der Waals surface area contributed by atoms with Crippen LogP contribution in [0.3, 0.4) is 0 Å². The van der Waals surface area contributed by atoms with E-state index >= 15 is 0 Å². The van der Waals surface area contributed by atoms with Crippen molar-refractivity contribution in [2.24, 2.45) is 0 Å². The molecule has 0 radical (unpaired) electrons. The molecular weight excluding hydrogens is 315 g/mol. The fourth-order valence-corrected chi connectivity index (χ4v) is 2.51. The molecule has 0 unspecified atom stereocenters. The molecule has 2 rings (SSSR count). The monoisotopic (exact) mass is 330 g/mol. The molecule has 120 valence electrons. The van der Waals surface area contributed by atoms with Gasteiger partial charge in [-0.05, 0) is 25.5 Å². The summed E-state index contributed by atoms with van der Waals surface area (Å²) in [5.74, 6) is -4.10. The van der Waals surface area contributed by atoms with Crippen LogP contribution in [-0.4, -0.2) is 51.0 Å². The molecule has 1 fully saturated rings. The Morgan fingerprint density at radius 2 is 1.86 bits per heavy atom. The third kappa shape index (κ3) is 2.81. The third-order valence-corrected chi connectivity index (χ3v) is 3.99. The molecule has 0 aliphatic carbocycles. The topological polar surface area (TPSA) is 81.1 Å². The van der Waals surface area contributed by atoms with Gasteiger partial charge in [0, 0.05) is 25.7 Å². The van der Waals surface area contributed by atoms with Crippen molar-refractivity contribution < 1.29 is 24.2 Å². The van der Waals surface area contributed by atoms with Crippen LogP contribution in [0.2, 0.25) is 5.02 Å². The number of aromatic hydroxyl groups is 2. The number of amides is 2. The van der Waals surface area contributed by atoms with Gasteiger partial charge >= 0.3 is 11.8 Å². The number of phenolic OH excluding ortho intramolecular Hbond substituents is 2. The van der Waals surface area contributed by atoms with Crippen LogP contribution in [0.15, 0.2) is 6.07 Å². The zero-order valence-corrected chi connectivity index (χ0v) is 12.9. The summed E-state index contributed by atoms with van der Waals surface area (Å²) >= 11 is 5.84. The summed E-state index contributed by atoms with van der Waals surface area (Å²) in [6, 6.07) is 0.849. The van der Waals surface area contributed by atoms with E-state index in [0.717, 1.165) is 6.07 Å². The lowest BCUT2D eigenvalue weighted by Crippen LogP contribution is -2.55. The fraction of sp³-hybridized carbons (Fsp3) is 0.429. The quantitative estimate of drug-likeness (QED) is 0.649. The van der Waals surface area contributed by atoms with Crippen molar-refractivity contribution in [3.8, 4) is 11.5 Å². The van der Waals surface area contributed by atoms with Crippen LogP contribution in [0.4, 0.5) is 4.39 Å². The molecule has 6 nitrogen and oxygen atoms in total. The number of hydrogen-bond donors (Lipinski definition) is 2. The molecule has 0 bridgehead atoms. The van der Waals surface area contributed by atoms with Crippen LogP contribution in [0.5, 0.6) is 11.5 Å². The van der Waals surface area contributed by atoms with Crippen molar-refractivity contribution in [3.63, 3.8) is 0 Å². The number of halogens is 2. The molecule has 0 saturated carbocycles. The second-order valence-electron chi connectivity index (χ2n) is 5.35. The molecule has 8 heteroatoms. The van der Waals surface area contributed by atoms with Crippen molar-refractivity contribution in [3.05, 3.63) is 22.5 Å². The highest BCUT2D eigenvalue weighted by Crippen LogP contribution is 2.38. The first-order valence-electron chi connectivity index (χ1n) is 6.72. The number of rotatable bonds is 3. The lowest BCUT2D eigenvalue weighted by molar-refractivity contribution is -0.157. The smallest absolute Gasteiger partial charge is 0.312 e. The van der Waals surface area contributed by atoms with E-state index in [2.05, 4.69) is 0 Å². The highest BCUT2D eigenvalue weighted by Gasteiger charge is 2.34. The molecule has 22 heavy (non-hydrogen) atoms. The standard InChI is InChI=1S/C14H16ClFN2O4/c1-7(2)18-4-3-17(13(21)14(18)22)6-8-5-9(16)11(19)12(20)10(8)15/h5,7,19-20H,3-4,6H2,1-2H3. The van der Waals surface area contributed by atoms with E-state index in [9.17, 15) is 24.2 Å². The fourth-order valence-electron chi connectivity index (χ4n) is 2.31. The van der Waals surface area contributed by atoms with Gasteiger partial charge < -0.3 is 20.0 Å². The van der Waals surface area contributed by atoms with Crippen LogP contribution in [-0.2, 0) is 16.1 Å². The first-order valence-corrected chi connectivity index (χ1v) is 7.10. The Hall–Kier alpha value is -2.02. The number of carbonyl (C=O) groups excluding carboxylic acids is 2. The SMILES string of the molecule is CC(C)N1CCN(Cc2cc(F)c(O)c(O)c2Cl)C(=O)C1=O. The zero-order chi connectivity index (χ0) is 16.6. The van der Waals surface area contributed by atoms with Crippen molar-refractivity contribution in [2.75, 3.05) is 13.1 Å². The number of hydrogen-bond acceptors (Lipinski definition) is 4. The summed E-state index contributed by atoms with van der Waals surface area (Å²) in [5.41, 5.74) is 0.119. The van der Waals surface area contributed by atoms with Gasteiger partial charge in [0.15, 0.2) is 17.3 Å². The van der Waals surface area contributed by atoms with Gasteiger partial charge in [-0.2, -0.15) is 0 Å². The van der Waals surface area contributed by atoms with E-state index in [0.29, 0.717) is 6.54 Å². The Morgan fingerprint density at radius 3 is 2.45 bits per heavy atom. The summed E-state index contributed by atoms with van der Waals surface area (Å²) in [6.45, 7) is 4.14. The van der Waals surface area contributed by atoms with Crippen molar-refractivity contribution in [2.45, 2.75) is 26.4 Å². The van der Waals surface area contributed by atoms with E-state index in [-0.39, 0.29) is 29.7 Å². The van der Waals surface area contributed by atoms with Crippen molar-refractivity contribution in [1.82, 2.24) is 9.80 Å². The Labute approximate surface area is 131 Å². The number of nitrogens with zero attached hydrogens (tertiary/aromatic N) is 2. The molecule has 1 saturated heterocycles. The molecule has 0 spiro atoms. The maximum Gasteiger partial charge on any atom is 0.312 e. The van der Waals surface area contributed by atoms with Gasteiger partial charge in [-0.1, -0.05) is 11.6 Å². The van der Waals surface area contributed by atoms with Crippen LogP contribution >= 0.6 is 11.6 Å². The molecule has 2 N–H and O–H groups in total. The average molecular weight is 331 g/mol. The van der Waals surface area contributed by atoms with Gasteiger partial charge in [-0.15, -0.1) is 0 Å². The lowest BCUT2D eigenvalue weighted by atomic mass is 10.1. The number of piperazine rings is 1. The zero-order valence-electron chi connectivity index (χ0n) is 12.1. The second kappa shape index (κ2) is 6.00. The van der Waals surface area contributed by atoms with Crippen LogP contribution in [0.1, 0.15) is 19.4 Å². The third-order valence-electron chi connectivity index (χ3n) is 3.57. The maximum absolute atomic E-state index is 13.5. The molecule has 1 aliphatic rings. The number of benzene rings is 1. The second-order valence-corrected chi connectivity index (χ2v) is 5.73. The molecule has 1 aromatic carbocycles. The normalized spacial score (nSPS) is 15.9. The van der Waals surface area contributed by atoms with E-state index in [1.54, 1.807) is 0 Å².